The van der Waals surface area contributed by atoms with E-state index in [1.54, 1.807) is 0 Å². The molecule has 0 aliphatic carbocycles. The quantitative estimate of drug-likeness (QED) is 0.452. The van der Waals surface area contributed by atoms with Crippen molar-refractivity contribution >= 4 is 44.2 Å². The molecule has 1 rings (SSSR count). The van der Waals surface area contributed by atoms with Crippen LogP contribution in [0.5, 0.6) is 0 Å². The molecule has 0 saturated heterocycles. The summed E-state index contributed by atoms with van der Waals surface area (Å²) in [5.41, 5.74) is 0.0278. The Balaban J connectivity index is 3.27. The zero-order chi connectivity index (χ0) is 8.43. The molecule has 0 amide bonds. The normalized spacial score (nSPS) is 9.64. The maximum Gasteiger partial charge on any atom is 0.301 e. The molecule has 0 unspecified atom stereocenters. The Kier molecular flexibility index (Phi) is 2.77. The van der Waals surface area contributed by atoms with E-state index in [-0.39, 0.29) is 5.69 Å². The third-order valence-corrected chi connectivity index (χ3v) is 3.49. The summed E-state index contributed by atoms with van der Waals surface area (Å²) >= 11 is 5.03. The summed E-state index contributed by atoms with van der Waals surface area (Å²) in [7, 11) is 0. The molecule has 0 aliphatic rings. The predicted molar refractivity (Wildman–Crippen MR) is 51.3 cm³/mol. The molecule has 1 aromatic heterocycles. The van der Waals surface area contributed by atoms with Crippen molar-refractivity contribution in [3.63, 3.8) is 0 Å². The summed E-state index contributed by atoms with van der Waals surface area (Å²) in [6.07, 6.45) is 2.75. The fourth-order valence-electron chi connectivity index (χ4n) is 0.536. The molecule has 0 N–H and O–H groups in total. The lowest BCUT2D eigenvalue weighted by Gasteiger charge is -1.94. The van der Waals surface area contributed by atoms with Crippen LogP contribution in [0.15, 0.2) is 16.9 Å². The second-order valence-electron chi connectivity index (χ2n) is 1.71. The first-order valence-corrected chi connectivity index (χ1v) is 4.43. The van der Waals surface area contributed by atoms with E-state index in [0.29, 0.717) is 8.04 Å². The first-order valence-electron chi connectivity index (χ1n) is 2.56. The van der Waals surface area contributed by atoms with Gasteiger partial charge in [-0.3, -0.25) is 15.1 Å². The summed E-state index contributed by atoms with van der Waals surface area (Å²) in [4.78, 5) is 13.5. The Bertz CT molecular complexity index is 305. The molecule has 0 aliphatic heterocycles. The van der Waals surface area contributed by atoms with E-state index in [4.69, 9.17) is 0 Å². The van der Waals surface area contributed by atoms with Crippen LogP contribution >= 0.6 is 38.5 Å². The van der Waals surface area contributed by atoms with E-state index < -0.39 is 4.92 Å². The minimum Gasteiger partial charge on any atom is -0.258 e. The Morgan fingerprint density at radius 1 is 1.64 bits per heavy atom. The van der Waals surface area contributed by atoms with Gasteiger partial charge in [0.15, 0.2) is 0 Å². The Morgan fingerprint density at radius 2 is 2.27 bits per heavy atom. The topological polar surface area (TPSA) is 56.0 Å². The van der Waals surface area contributed by atoms with Gasteiger partial charge in [0.25, 0.3) is 0 Å². The van der Waals surface area contributed by atoms with Crippen LogP contribution in [-0.4, -0.2) is 9.91 Å². The molecule has 6 heteroatoms. The number of pyridine rings is 1. The Hall–Kier alpha value is -0.240. The molecule has 0 aromatic carbocycles. The van der Waals surface area contributed by atoms with Crippen molar-refractivity contribution in [2.75, 3.05) is 0 Å². The van der Waals surface area contributed by atoms with Gasteiger partial charge in [-0.05, 0) is 38.5 Å². The van der Waals surface area contributed by atoms with Crippen molar-refractivity contribution in [2.24, 2.45) is 0 Å². The summed E-state index contributed by atoms with van der Waals surface area (Å²) < 4.78 is 1.22. The second-order valence-corrected chi connectivity index (χ2v) is 3.64. The largest absolute Gasteiger partial charge is 0.301 e. The molecular formula is C5H2BrIN2O2. The van der Waals surface area contributed by atoms with Crippen molar-refractivity contribution in [3.05, 3.63) is 30.6 Å². The van der Waals surface area contributed by atoms with Gasteiger partial charge in [0, 0.05) is 6.20 Å². The first kappa shape index (κ1) is 8.85. The standard InChI is InChI=1S/C5H2BrIN2O2/c6-3-1-8-2-4(5(3)7)9(10)11/h1-2H. The van der Waals surface area contributed by atoms with Crippen LogP contribution in [-0.2, 0) is 0 Å². The van der Waals surface area contributed by atoms with Gasteiger partial charge in [-0.2, -0.15) is 0 Å². The molecule has 1 aromatic rings. The van der Waals surface area contributed by atoms with Gasteiger partial charge < -0.3 is 0 Å². The lowest BCUT2D eigenvalue weighted by Crippen LogP contribution is -1.92. The second kappa shape index (κ2) is 3.44. The van der Waals surface area contributed by atoms with Crippen LogP contribution in [0.4, 0.5) is 5.69 Å². The number of nitrogens with zero attached hydrogens (tertiary/aromatic N) is 2. The molecule has 11 heavy (non-hydrogen) atoms. The summed E-state index contributed by atoms with van der Waals surface area (Å²) in [5.74, 6) is 0. The SMILES string of the molecule is O=[N+]([O-])c1cncc(Br)c1I. The zero-order valence-corrected chi connectivity index (χ0v) is 8.87. The molecule has 0 fully saturated rings. The number of nitro groups is 1. The average molecular weight is 329 g/mol. The predicted octanol–water partition coefficient (Wildman–Crippen LogP) is 2.36. The summed E-state index contributed by atoms with van der Waals surface area (Å²) in [6, 6.07) is 0. The van der Waals surface area contributed by atoms with Gasteiger partial charge >= 0.3 is 5.69 Å². The van der Waals surface area contributed by atoms with Gasteiger partial charge in [0.05, 0.1) is 9.40 Å². The van der Waals surface area contributed by atoms with E-state index in [1.165, 1.54) is 12.4 Å². The number of hydrogen-bond acceptors (Lipinski definition) is 3. The van der Waals surface area contributed by atoms with Crippen LogP contribution in [0.25, 0.3) is 0 Å². The van der Waals surface area contributed by atoms with Crippen molar-refractivity contribution in [3.8, 4) is 0 Å². The monoisotopic (exact) mass is 328 g/mol. The Labute approximate surface area is 84.4 Å². The third-order valence-electron chi connectivity index (χ3n) is 1.02. The number of rotatable bonds is 1. The van der Waals surface area contributed by atoms with E-state index >= 15 is 0 Å². The molecule has 1 heterocycles. The lowest BCUT2D eigenvalue weighted by molar-refractivity contribution is -0.386. The van der Waals surface area contributed by atoms with Crippen molar-refractivity contribution in [2.45, 2.75) is 0 Å². The molecule has 4 nitrogen and oxygen atoms in total. The highest BCUT2D eigenvalue weighted by molar-refractivity contribution is 14.1. The molecule has 0 radical (unpaired) electrons. The average Bonchev–Trinajstić information content (AvgIpc) is 1.94. The van der Waals surface area contributed by atoms with Gasteiger partial charge in [-0.25, -0.2) is 0 Å². The molecular weight excluding hydrogens is 327 g/mol. The number of aromatic nitrogens is 1. The highest BCUT2D eigenvalue weighted by Gasteiger charge is 2.13. The van der Waals surface area contributed by atoms with Gasteiger partial charge in [0.2, 0.25) is 0 Å². The highest BCUT2D eigenvalue weighted by Crippen LogP contribution is 2.26. The van der Waals surface area contributed by atoms with Gasteiger partial charge in [-0.1, -0.05) is 0 Å². The maximum absolute atomic E-state index is 10.3. The van der Waals surface area contributed by atoms with Crippen molar-refractivity contribution in [1.29, 1.82) is 0 Å². The summed E-state index contributed by atoms with van der Waals surface area (Å²) in [5, 5.41) is 10.3. The highest BCUT2D eigenvalue weighted by atomic mass is 127. The molecule has 0 atom stereocenters. The minimum absolute atomic E-state index is 0.0278. The van der Waals surface area contributed by atoms with E-state index in [9.17, 15) is 10.1 Å². The van der Waals surface area contributed by atoms with Crippen molar-refractivity contribution in [1.82, 2.24) is 4.98 Å². The maximum atomic E-state index is 10.3. The van der Waals surface area contributed by atoms with Gasteiger partial charge in [0.1, 0.15) is 9.77 Å². The molecule has 58 valence electrons. The Morgan fingerprint density at radius 3 is 2.73 bits per heavy atom. The van der Waals surface area contributed by atoms with E-state index in [1.807, 2.05) is 22.6 Å². The lowest BCUT2D eigenvalue weighted by atomic mass is 10.4. The smallest absolute Gasteiger partial charge is 0.258 e. The fraction of sp³-hybridized carbons (Fsp3) is 0. The van der Waals surface area contributed by atoms with Crippen LogP contribution in [0.1, 0.15) is 0 Å². The zero-order valence-electron chi connectivity index (χ0n) is 5.12. The third kappa shape index (κ3) is 1.86. The van der Waals surface area contributed by atoms with Gasteiger partial charge in [-0.15, -0.1) is 0 Å². The number of halogens is 2. The fourth-order valence-corrected chi connectivity index (χ4v) is 1.33. The number of hydrogen-bond donors (Lipinski definition) is 0. The van der Waals surface area contributed by atoms with Crippen LogP contribution in [0.2, 0.25) is 0 Å². The van der Waals surface area contributed by atoms with E-state index in [0.717, 1.165) is 0 Å². The summed E-state index contributed by atoms with van der Waals surface area (Å²) in [6.45, 7) is 0. The van der Waals surface area contributed by atoms with Crippen LogP contribution < -0.4 is 0 Å². The van der Waals surface area contributed by atoms with Crippen LogP contribution in [0.3, 0.4) is 0 Å². The molecule has 0 spiro atoms. The van der Waals surface area contributed by atoms with E-state index in [2.05, 4.69) is 20.9 Å². The first-order chi connectivity index (χ1) is 5.13. The molecule has 0 bridgehead atoms. The molecule has 0 saturated carbocycles. The van der Waals surface area contributed by atoms with Crippen molar-refractivity contribution < 1.29 is 4.92 Å². The van der Waals surface area contributed by atoms with Crippen LogP contribution in [0, 0.1) is 13.7 Å². The minimum atomic E-state index is -0.459.